The molecular weight excluding hydrogens is 344 g/mol. The summed E-state index contributed by atoms with van der Waals surface area (Å²) in [6.45, 7) is 2.61. The first-order valence-corrected chi connectivity index (χ1v) is 8.70. The topological polar surface area (TPSA) is 97.8 Å². The molecule has 0 aliphatic carbocycles. The van der Waals surface area contributed by atoms with Crippen LogP contribution in [-0.4, -0.2) is 48.3 Å². The van der Waals surface area contributed by atoms with Crippen molar-refractivity contribution in [2.45, 2.75) is 13.3 Å². The number of amides is 1. The molecule has 2 rings (SSSR count). The standard InChI is InChI=1S/C17H20N2O5S/c1-2-24-14-5-3-12(4-6-14)17-19-13(11-25-17)9-15(20)18-7-8-23-10-16(21)22/h3-6,11H,2,7-10H2,1H3,(H,18,20)(H,21,22). The van der Waals surface area contributed by atoms with E-state index in [1.165, 1.54) is 11.3 Å². The van der Waals surface area contributed by atoms with E-state index in [4.69, 9.17) is 14.6 Å². The molecular formula is C17H20N2O5S. The molecule has 1 heterocycles. The Bertz CT molecular complexity index is 699. The van der Waals surface area contributed by atoms with Crippen molar-refractivity contribution in [2.75, 3.05) is 26.4 Å². The quantitative estimate of drug-likeness (QED) is 0.626. The Hall–Kier alpha value is -2.45. The van der Waals surface area contributed by atoms with Gasteiger partial charge in [0.05, 0.1) is 25.3 Å². The smallest absolute Gasteiger partial charge is 0.329 e. The lowest BCUT2D eigenvalue weighted by atomic mass is 10.2. The third kappa shape index (κ3) is 6.52. The van der Waals surface area contributed by atoms with Crippen molar-refractivity contribution in [3.63, 3.8) is 0 Å². The average Bonchev–Trinajstić information content (AvgIpc) is 3.03. The normalized spacial score (nSPS) is 10.4. The Morgan fingerprint density at radius 1 is 1.28 bits per heavy atom. The third-order valence-corrected chi connectivity index (χ3v) is 4.04. The van der Waals surface area contributed by atoms with Gasteiger partial charge in [-0.05, 0) is 31.2 Å². The van der Waals surface area contributed by atoms with E-state index in [0.29, 0.717) is 12.3 Å². The lowest BCUT2D eigenvalue weighted by molar-refractivity contribution is -0.142. The summed E-state index contributed by atoms with van der Waals surface area (Å²) in [6, 6.07) is 7.66. The molecule has 7 nitrogen and oxygen atoms in total. The van der Waals surface area contributed by atoms with Crippen LogP contribution in [0, 0.1) is 0 Å². The van der Waals surface area contributed by atoms with Gasteiger partial charge in [0.2, 0.25) is 5.91 Å². The number of rotatable bonds is 10. The summed E-state index contributed by atoms with van der Waals surface area (Å²) in [6.07, 6.45) is 0.173. The highest BCUT2D eigenvalue weighted by Gasteiger charge is 2.09. The maximum Gasteiger partial charge on any atom is 0.329 e. The van der Waals surface area contributed by atoms with Crippen molar-refractivity contribution >= 4 is 23.2 Å². The molecule has 0 atom stereocenters. The van der Waals surface area contributed by atoms with Gasteiger partial charge in [-0.15, -0.1) is 11.3 Å². The molecule has 0 spiro atoms. The number of carboxylic acids is 1. The van der Waals surface area contributed by atoms with Crippen LogP contribution in [0.1, 0.15) is 12.6 Å². The molecule has 2 N–H and O–H groups in total. The van der Waals surface area contributed by atoms with Gasteiger partial charge in [-0.3, -0.25) is 4.79 Å². The van der Waals surface area contributed by atoms with Crippen LogP contribution in [0.15, 0.2) is 29.6 Å². The van der Waals surface area contributed by atoms with Crippen LogP contribution < -0.4 is 10.1 Å². The number of carbonyl (C=O) groups excluding carboxylic acids is 1. The van der Waals surface area contributed by atoms with Gasteiger partial charge < -0.3 is 19.9 Å². The zero-order valence-corrected chi connectivity index (χ0v) is 14.7. The number of ether oxygens (including phenoxy) is 2. The van der Waals surface area contributed by atoms with Crippen LogP contribution in [0.5, 0.6) is 5.75 Å². The van der Waals surface area contributed by atoms with Gasteiger partial charge in [0, 0.05) is 17.5 Å². The van der Waals surface area contributed by atoms with Crippen molar-refractivity contribution in [3.05, 3.63) is 35.3 Å². The molecule has 1 amide bonds. The molecule has 0 unspecified atom stereocenters. The molecule has 134 valence electrons. The summed E-state index contributed by atoms with van der Waals surface area (Å²) >= 11 is 1.48. The van der Waals surface area contributed by atoms with E-state index in [1.807, 2.05) is 36.6 Å². The zero-order valence-electron chi connectivity index (χ0n) is 13.9. The van der Waals surface area contributed by atoms with Crippen LogP contribution in [0.25, 0.3) is 10.6 Å². The molecule has 8 heteroatoms. The van der Waals surface area contributed by atoms with Crippen molar-refractivity contribution in [3.8, 4) is 16.3 Å². The monoisotopic (exact) mass is 364 g/mol. The molecule has 0 radical (unpaired) electrons. The Kier molecular flexibility index (Phi) is 7.36. The third-order valence-electron chi connectivity index (χ3n) is 3.10. The fourth-order valence-electron chi connectivity index (χ4n) is 2.03. The van der Waals surface area contributed by atoms with Gasteiger partial charge in [0.25, 0.3) is 0 Å². The number of carbonyl (C=O) groups is 2. The number of carboxylic acid groups (broad SMARTS) is 1. The highest BCUT2D eigenvalue weighted by Crippen LogP contribution is 2.25. The molecule has 1 aromatic carbocycles. The number of aromatic nitrogens is 1. The van der Waals surface area contributed by atoms with Crippen molar-refractivity contribution in [2.24, 2.45) is 0 Å². The van der Waals surface area contributed by atoms with E-state index in [0.717, 1.165) is 16.3 Å². The average molecular weight is 364 g/mol. The van der Waals surface area contributed by atoms with E-state index in [1.54, 1.807) is 0 Å². The van der Waals surface area contributed by atoms with Gasteiger partial charge >= 0.3 is 5.97 Å². The number of thiazole rings is 1. The number of hydrogen-bond acceptors (Lipinski definition) is 6. The molecule has 1 aromatic heterocycles. The molecule has 0 aliphatic rings. The molecule has 0 bridgehead atoms. The Morgan fingerprint density at radius 2 is 2.04 bits per heavy atom. The maximum atomic E-state index is 11.8. The number of nitrogens with zero attached hydrogens (tertiary/aromatic N) is 1. The fraction of sp³-hybridized carbons (Fsp3) is 0.353. The van der Waals surface area contributed by atoms with Crippen molar-refractivity contribution in [1.82, 2.24) is 10.3 Å². The highest BCUT2D eigenvalue weighted by atomic mass is 32.1. The number of hydrogen-bond donors (Lipinski definition) is 2. The number of nitrogens with one attached hydrogen (secondary N) is 1. The second-order valence-electron chi connectivity index (χ2n) is 5.07. The minimum Gasteiger partial charge on any atom is -0.494 e. The van der Waals surface area contributed by atoms with Crippen molar-refractivity contribution in [1.29, 1.82) is 0 Å². The summed E-state index contributed by atoms with van der Waals surface area (Å²) in [5.74, 6) is -0.398. The summed E-state index contributed by atoms with van der Waals surface area (Å²) in [5, 5.41) is 13.8. The van der Waals surface area contributed by atoms with E-state index in [2.05, 4.69) is 10.3 Å². The van der Waals surface area contributed by atoms with Gasteiger partial charge in [-0.1, -0.05) is 0 Å². The maximum absolute atomic E-state index is 11.8. The first-order valence-electron chi connectivity index (χ1n) is 7.82. The molecule has 0 saturated heterocycles. The Labute approximate surface area is 149 Å². The zero-order chi connectivity index (χ0) is 18.1. The van der Waals surface area contributed by atoms with E-state index >= 15 is 0 Å². The number of aliphatic carboxylic acids is 1. The summed E-state index contributed by atoms with van der Waals surface area (Å²) in [7, 11) is 0. The van der Waals surface area contributed by atoms with E-state index in [-0.39, 0.29) is 32.1 Å². The van der Waals surface area contributed by atoms with Crippen LogP contribution in [-0.2, 0) is 20.7 Å². The summed E-state index contributed by atoms with van der Waals surface area (Å²) < 4.78 is 10.3. The molecule has 0 saturated carbocycles. The fourth-order valence-corrected chi connectivity index (χ4v) is 2.86. The Morgan fingerprint density at radius 3 is 2.72 bits per heavy atom. The lowest BCUT2D eigenvalue weighted by Gasteiger charge is -2.04. The molecule has 25 heavy (non-hydrogen) atoms. The highest BCUT2D eigenvalue weighted by molar-refractivity contribution is 7.13. The molecule has 0 fully saturated rings. The SMILES string of the molecule is CCOc1ccc(-c2nc(CC(=O)NCCOCC(=O)O)cs2)cc1. The van der Waals surface area contributed by atoms with Gasteiger partial charge in [-0.25, -0.2) is 9.78 Å². The van der Waals surface area contributed by atoms with Crippen LogP contribution >= 0.6 is 11.3 Å². The second-order valence-corrected chi connectivity index (χ2v) is 5.93. The second kappa shape index (κ2) is 9.75. The van der Waals surface area contributed by atoms with Crippen LogP contribution in [0.2, 0.25) is 0 Å². The number of benzene rings is 1. The predicted octanol–water partition coefficient (Wildman–Crippen LogP) is 1.97. The van der Waals surface area contributed by atoms with Crippen molar-refractivity contribution < 1.29 is 24.2 Å². The minimum atomic E-state index is -1.03. The van der Waals surface area contributed by atoms with E-state index in [9.17, 15) is 9.59 Å². The molecule has 2 aromatic rings. The Balaban J connectivity index is 1.80. The van der Waals surface area contributed by atoms with Crippen LogP contribution in [0.4, 0.5) is 0 Å². The predicted molar refractivity (Wildman–Crippen MR) is 93.9 cm³/mol. The minimum absolute atomic E-state index is 0.159. The largest absolute Gasteiger partial charge is 0.494 e. The summed E-state index contributed by atoms with van der Waals surface area (Å²) in [4.78, 5) is 26.6. The van der Waals surface area contributed by atoms with E-state index < -0.39 is 5.97 Å². The van der Waals surface area contributed by atoms with Crippen LogP contribution in [0.3, 0.4) is 0 Å². The van der Waals surface area contributed by atoms with Gasteiger partial charge in [-0.2, -0.15) is 0 Å². The lowest BCUT2D eigenvalue weighted by Crippen LogP contribution is -2.29. The molecule has 0 aliphatic heterocycles. The first-order chi connectivity index (χ1) is 12.1. The van der Waals surface area contributed by atoms with Gasteiger partial charge in [0.1, 0.15) is 17.4 Å². The first kappa shape index (κ1) is 18.9. The van der Waals surface area contributed by atoms with Gasteiger partial charge in [0.15, 0.2) is 0 Å². The summed E-state index contributed by atoms with van der Waals surface area (Å²) in [5.41, 5.74) is 1.67.